The molecule has 0 atom stereocenters. The van der Waals surface area contributed by atoms with Crippen molar-refractivity contribution in [2.75, 3.05) is 6.61 Å². The number of rotatable bonds is 3. The number of aliphatic hydroxyl groups excluding tert-OH is 1. The first-order valence-electron chi connectivity index (χ1n) is 5.27. The highest BCUT2D eigenvalue weighted by atomic mass is 16.3. The van der Waals surface area contributed by atoms with Crippen LogP contribution in [0.1, 0.15) is 29.6 Å². The van der Waals surface area contributed by atoms with Crippen LogP contribution in [0.3, 0.4) is 0 Å². The van der Waals surface area contributed by atoms with Gasteiger partial charge in [0.1, 0.15) is 0 Å². The van der Waals surface area contributed by atoms with E-state index in [1.54, 1.807) is 0 Å². The van der Waals surface area contributed by atoms with Crippen LogP contribution in [-0.4, -0.2) is 28.1 Å². The molecule has 2 rings (SSSR count). The normalized spacial score (nSPS) is 17.6. The van der Waals surface area contributed by atoms with E-state index in [9.17, 15) is 14.7 Å². The quantitative estimate of drug-likeness (QED) is 0.674. The Bertz CT molecular complexity index is 423. The van der Waals surface area contributed by atoms with E-state index in [2.05, 4.69) is 10.3 Å². The third-order valence-corrected chi connectivity index (χ3v) is 3.04. The van der Waals surface area contributed by atoms with Crippen molar-refractivity contribution in [3.05, 3.63) is 34.2 Å². The van der Waals surface area contributed by atoms with Gasteiger partial charge in [0.2, 0.25) is 5.56 Å². The van der Waals surface area contributed by atoms with Crippen LogP contribution in [0.2, 0.25) is 0 Å². The maximum Gasteiger partial charge on any atom is 0.253 e. The fourth-order valence-corrected chi connectivity index (χ4v) is 1.79. The van der Waals surface area contributed by atoms with Gasteiger partial charge in [-0.15, -0.1) is 0 Å². The number of aromatic nitrogens is 1. The second-order valence-electron chi connectivity index (χ2n) is 4.19. The molecule has 1 saturated carbocycles. The van der Waals surface area contributed by atoms with Gasteiger partial charge in [0.25, 0.3) is 5.91 Å². The van der Waals surface area contributed by atoms with E-state index >= 15 is 0 Å². The van der Waals surface area contributed by atoms with Crippen molar-refractivity contribution >= 4 is 5.91 Å². The third-order valence-electron chi connectivity index (χ3n) is 3.04. The molecule has 0 radical (unpaired) electrons. The average molecular weight is 222 g/mol. The van der Waals surface area contributed by atoms with Crippen molar-refractivity contribution in [2.45, 2.75) is 24.8 Å². The molecule has 0 saturated heterocycles. The number of H-pyrrole nitrogens is 1. The molecule has 1 amide bonds. The summed E-state index contributed by atoms with van der Waals surface area (Å²) in [6, 6.07) is 2.78. The first-order valence-corrected chi connectivity index (χ1v) is 5.27. The van der Waals surface area contributed by atoms with Crippen LogP contribution in [0.15, 0.2) is 23.1 Å². The minimum atomic E-state index is -0.451. The van der Waals surface area contributed by atoms with Crippen molar-refractivity contribution < 1.29 is 9.90 Å². The topological polar surface area (TPSA) is 82.2 Å². The van der Waals surface area contributed by atoms with Gasteiger partial charge in [-0.05, 0) is 25.3 Å². The number of aromatic amines is 1. The lowest BCUT2D eigenvalue weighted by Crippen LogP contribution is -2.56. The fraction of sp³-hybridized carbons (Fsp3) is 0.455. The van der Waals surface area contributed by atoms with Crippen LogP contribution in [-0.2, 0) is 0 Å². The standard InChI is InChI=1S/C11H14N2O3/c14-7-11(4-1-5-11)13-10(16)8-2-3-9(15)12-6-8/h2-3,6,14H,1,4-5,7H2,(H,12,15)(H,13,16). The summed E-state index contributed by atoms with van der Waals surface area (Å²) in [5.41, 5.74) is -0.288. The Morgan fingerprint density at radius 1 is 1.50 bits per heavy atom. The first kappa shape index (κ1) is 10.9. The van der Waals surface area contributed by atoms with Crippen LogP contribution in [0.25, 0.3) is 0 Å². The van der Waals surface area contributed by atoms with Crippen LogP contribution < -0.4 is 10.9 Å². The monoisotopic (exact) mass is 222 g/mol. The van der Waals surface area contributed by atoms with Crippen molar-refractivity contribution in [3.8, 4) is 0 Å². The molecule has 86 valence electrons. The van der Waals surface area contributed by atoms with E-state index in [1.165, 1.54) is 18.3 Å². The van der Waals surface area contributed by atoms with Gasteiger partial charge in [0.15, 0.2) is 0 Å². The van der Waals surface area contributed by atoms with Gasteiger partial charge >= 0.3 is 0 Å². The predicted molar refractivity (Wildman–Crippen MR) is 58.2 cm³/mol. The molecule has 5 nitrogen and oxygen atoms in total. The smallest absolute Gasteiger partial charge is 0.253 e. The van der Waals surface area contributed by atoms with Gasteiger partial charge in [-0.3, -0.25) is 9.59 Å². The molecule has 5 heteroatoms. The van der Waals surface area contributed by atoms with Crippen LogP contribution in [0.4, 0.5) is 0 Å². The molecule has 1 aliphatic rings. The Hall–Kier alpha value is -1.62. The maximum absolute atomic E-state index is 11.8. The molecule has 1 aliphatic carbocycles. The second kappa shape index (κ2) is 4.09. The van der Waals surface area contributed by atoms with Crippen molar-refractivity contribution in [2.24, 2.45) is 0 Å². The molecule has 0 aromatic carbocycles. The Labute approximate surface area is 92.5 Å². The Morgan fingerprint density at radius 3 is 2.69 bits per heavy atom. The molecule has 0 spiro atoms. The molecule has 16 heavy (non-hydrogen) atoms. The van der Waals surface area contributed by atoms with E-state index in [0.29, 0.717) is 5.56 Å². The highest BCUT2D eigenvalue weighted by Gasteiger charge is 2.37. The molecular formula is C11H14N2O3. The van der Waals surface area contributed by atoms with Gasteiger partial charge < -0.3 is 15.4 Å². The van der Waals surface area contributed by atoms with E-state index in [4.69, 9.17) is 0 Å². The number of carbonyl (C=O) groups excluding carboxylic acids is 1. The summed E-state index contributed by atoms with van der Waals surface area (Å²) < 4.78 is 0. The van der Waals surface area contributed by atoms with Crippen molar-refractivity contribution in [1.82, 2.24) is 10.3 Å². The molecule has 3 N–H and O–H groups in total. The van der Waals surface area contributed by atoms with Gasteiger partial charge in [-0.2, -0.15) is 0 Å². The molecule has 1 aromatic heterocycles. The summed E-state index contributed by atoms with van der Waals surface area (Å²) in [5, 5.41) is 12.0. The number of carbonyl (C=O) groups is 1. The lowest BCUT2D eigenvalue weighted by Gasteiger charge is -2.40. The summed E-state index contributed by atoms with van der Waals surface area (Å²) >= 11 is 0. The minimum Gasteiger partial charge on any atom is -0.394 e. The molecule has 1 aromatic rings. The molecule has 0 unspecified atom stereocenters. The molecule has 1 heterocycles. The first-order chi connectivity index (χ1) is 7.65. The fourth-order valence-electron chi connectivity index (χ4n) is 1.79. The van der Waals surface area contributed by atoms with Gasteiger partial charge in [-0.1, -0.05) is 0 Å². The third kappa shape index (κ3) is 1.99. The summed E-state index contributed by atoms with van der Waals surface area (Å²) in [6.07, 6.45) is 4.01. The van der Waals surface area contributed by atoms with Crippen LogP contribution in [0.5, 0.6) is 0 Å². The van der Waals surface area contributed by atoms with Crippen molar-refractivity contribution in [1.29, 1.82) is 0 Å². The van der Waals surface area contributed by atoms with Gasteiger partial charge in [0.05, 0.1) is 17.7 Å². The highest BCUT2D eigenvalue weighted by Crippen LogP contribution is 2.31. The summed E-state index contributed by atoms with van der Waals surface area (Å²) in [4.78, 5) is 25.0. The molecule has 0 aliphatic heterocycles. The Morgan fingerprint density at radius 2 is 2.25 bits per heavy atom. The lowest BCUT2D eigenvalue weighted by molar-refractivity contribution is 0.0641. The zero-order chi connectivity index (χ0) is 11.6. The van der Waals surface area contributed by atoms with E-state index < -0.39 is 5.54 Å². The molecule has 1 fully saturated rings. The summed E-state index contributed by atoms with van der Waals surface area (Å²) in [7, 11) is 0. The van der Waals surface area contributed by atoms with Crippen LogP contribution >= 0.6 is 0 Å². The number of aliphatic hydroxyl groups is 1. The number of nitrogens with one attached hydrogen (secondary N) is 2. The number of pyridine rings is 1. The number of amides is 1. The van der Waals surface area contributed by atoms with Gasteiger partial charge in [0, 0.05) is 12.3 Å². The number of hydrogen-bond acceptors (Lipinski definition) is 3. The van der Waals surface area contributed by atoms with Crippen LogP contribution in [0, 0.1) is 0 Å². The zero-order valence-electron chi connectivity index (χ0n) is 8.82. The van der Waals surface area contributed by atoms with Gasteiger partial charge in [-0.25, -0.2) is 0 Å². The number of hydrogen-bond donors (Lipinski definition) is 3. The Balaban J connectivity index is 2.08. The minimum absolute atomic E-state index is 0.0396. The SMILES string of the molecule is O=C(NC1(CO)CCC1)c1ccc(=O)[nH]c1. The summed E-state index contributed by atoms with van der Waals surface area (Å²) in [6.45, 7) is -0.0396. The van der Waals surface area contributed by atoms with E-state index in [-0.39, 0.29) is 18.1 Å². The highest BCUT2D eigenvalue weighted by molar-refractivity contribution is 5.94. The largest absolute Gasteiger partial charge is 0.394 e. The average Bonchev–Trinajstić information content (AvgIpc) is 2.24. The zero-order valence-corrected chi connectivity index (χ0v) is 8.82. The predicted octanol–water partition coefficient (Wildman–Crippen LogP) is 0.0197. The Kier molecular flexibility index (Phi) is 2.78. The molecular weight excluding hydrogens is 208 g/mol. The maximum atomic E-state index is 11.8. The van der Waals surface area contributed by atoms with E-state index in [1.807, 2.05) is 0 Å². The second-order valence-corrected chi connectivity index (χ2v) is 4.19. The molecule has 0 bridgehead atoms. The lowest BCUT2D eigenvalue weighted by atomic mass is 9.77. The van der Waals surface area contributed by atoms with Crippen molar-refractivity contribution in [3.63, 3.8) is 0 Å². The summed E-state index contributed by atoms with van der Waals surface area (Å²) in [5.74, 6) is -0.259. The van der Waals surface area contributed by atoms with E-state index in [0.717, 1.165) is 19.3 Å².